The zero-order valence-corrected chi connectivity index (χ0v) is 11.3. The van der Waals surface area contributed by atoms with E-state index in [0.29, 0.717) is 0 Å². The first kappa shape index (κ1) is 15.1. The Labute approximate surface area is 98.6 Å². The second kappa shape index (κ2) is 6.02. The van der Waals surface area contributed by atoms with Gasteiger partial charge in [0.25, 0.3) is 0 Å². The van der Waals surface area contributed by atoms with Gasteiger partial charge >= 0.3 is 5.97 Å². The quantitative estimate of drug-likeness (QED) is 0.680. The van der Waals surface area contributed by atoms with Gasteiger partial charge in [-0.15, -0.1) is 0 Å². The fraction of sp³-hybridized carbons (Fsp3) is 0.846. The molecule has 0 aromatic heterocycles. The maximum atomic E-state index is 12.2. The van der Waals surface area contributed by atoms with Crippen molar-refractivity contribution in [3.63, 3.8) is 0 Å². The SMILES string of the molecule is CCC(C)[C@H](CC(=O)OC)C(=O)C(C)(C)C. The van der Waals surface area contributed by atoms with Crippen LogP contribution in [0.3, 0.4) is 0 Å². The summed E-state index contributed by atoms with van der Waals surface area (Å²) in [4.78, 5) is 23.5. The summed E-state index contributed by atoms with van der Waals surface area (Å²) in [7, 11) is 1.36. The summed E-state index contributed by atoms with van der Waals surface area (Å²) in [5.74, 6) is -0.168. The van der Waals surface area contributed by atoms with Gasteiger partial charge in [-0.25, -0.2) is 0 Å². The number of ketones is 1. The molecule has 0 aromatic rings. The van der Waals surface area contributed by atoms with E-state index in [0.717, 1.165) is 6.42 Å². The normalized spacial score (nSPS) is 15.4. The van der Waals surface area contributed by atoms with E-state index >= 15 is 0 Å². The molecule has 0 bridgehead atoms. The topological polar surface area (TPSA) is 43.4 Å². The minimum Gasteiger partial charge on any atom is -0.469 e. The van der Waals surface area contributed by atoms with Gasteiger partial charge in [-0.1, -0.05) is 41.0 Å². The molecule has 0 aromatic carbocycles. The van der Waals surface area contributed by atoms with Crippen LogP contribution < -0.4 is 0 Å². The Bertz CT molecular complexity index is 250. The van der Waals surface area contributed by atoms with Gasteiger partial charge < -0.3 is 4.74 Å². The largest absolute Gasteiger partial charge is 0.469 e. The van der Waals surface area contributed by atoms with Crippen molar-refractivity contribution in [3.8, 4) is 0 Å². The lowest BCUT2D eigenvalue weighted by atomic mass is 9.75. The van der Waals surface area contributed by atoms with Gasteiger partial charge in [0.1, 0.15) is 5.78 Å². The van der Waals surface area contributed by atoms with Crippen LogP contribution in [0.4, 0.5) is 0 Å². The van der Waals surface area contributed by atoms with Crippen molar-refractivity contribution in [3.05, 3.63) is 0 Å². The van der Waals surface area contributed by atoms with E-state index in [9.17, 15) is 9.59 Å². The van der Waals surface area contributed by atoms with Crippen LogP contribution in [0.5, 0.6) is 0 Å². The molecule has 1 unspecified atom stereocenters. The van der Waals surface area contributed by atoms with Crippen molar-refractivity contribution in [1.29, 1.82) is 0 Å². The lowest BCUT2D eigenvalue weighted by molar-refractivity contribution is -0.146. The zero-order chi connectivity index (χ0) is 12.9. The summed E-state index contributed by atoms with van der Waals surface area (Å²) >= 11 is 0. The number of carbonyl (C=O) groups excluding carboxylic acids is 2. The molecule has 0 aliphatic rings. The van der Waals surface area contributed by atoms with Crippen molar-refractivity contribution in [1.82, 2.24) is 0 Å². The van der Waals surface area contributed by atoms with E-state index in [1.165, 1.54) is 7.11 Å². The van der Waals surface area contributed by atoms with Crippen molar-refractivity contribution in [2.24, 2.45) is 17.3 Å². The number of carbonyl (C=O) groups is 2. The van der Waals surface area contributed by atoms with E-state index in [1.54, 1.807) is 0 Å². The molecule has 0 rings (SSSR count). The lowest BCUT2D eigenvalue weighted by Crippen LogP contribution is -2.34. The summed E-state index contributed by atoms with van der Waals surface area (Å²) in [6.07, 6.45) is 1.09. The predicted molar refractivity (Wildman–Crippen MR) is 64.0 cm³/mol. The summed E-state index contributed by atoms with van der Waals surface area (Å²) in [6, 6.07) is 0. The van der Waals surface area contributed by atoms with Crippen molar-refractivity contribution in [2.45, 2.75) is 47.5 Å². The molecular formula is C13H24O3. The molecule has 16 heavy (non-hydrogen) atoms. The molecule has 0 N–H and O–H groups in total. The third-order valence-corrected chi connectivity index (χ3v) is 3.02. The fourth-order valence-corrected chi connectivity index (χ4v) is 1.66. The minimum absolute atomic E-state index is 0.146. The van der Waals surface area contributed by atoms with Gasteiger partial charge in [-0.3, -0.25) is 9.59 Å². The Balaban J connectivity index is 4.81. The van der Waals surface area contributed by atoms with Crippen LogP contribution in [-0.4, -0.2) is 18.9 Å². The summed E-state index contributed by atoms with van der Waals surface area (Å²) in [5.41, 5.74) is -0.401. The van der Waals surface area contributed by atoms with Crippen LogP contribution in [0, 0.1) is 17.3 Å². The smallest absolute Gasteiger partial charge is 0.306 e. The molecule has 0 amide bonds. The molecular weight excluding hydrogens is 204 g/mol. The second-order valence-corrected chi connectivity index (χ2v) is 5.39. The van der Waals surface area contributed by atoms with Crippen LogP contribution in [0.15, 0.2) is 0 Å². The van der Waals surface area contributed by atoms with Crippen molar-refractivity contribution >= 4 is 11.8 Å². The summed E-state index contributed by atoms with van der Waals surface area (Å²) in [5, 5.41) is 0. The Kier molecular flexibility index (Phi) is 5.70. The van der Waals surface area contributed by atoms with E-state index in [-0.39, 0.29) is 30.0 Å². The van der Waals surface area contributed by atoms with Gasteiger partial charge in [-0.2, -0.15) is 0 Å². The third kappa shape index (κ3) is 4.33. The predicted octanol–water partition coefficient (Wildman–Crippen LogP) is 2.83. The number of Topliss-reactive ketones (excluding diaryl/α,β-unsaturated/α-hetero) is 1. The molecule has 0 fully saturated rings. The highest BCUT2D eigenvalue weighted by atomic mass is 16.5. The van der Waals surface area contributed by atoms with Crippen LogP contribution in [0.2, 0.25) is 0 Å². The molecule has 3 heteroatoms. The standard InChI is InChI=1S/C13H24O3/c1-7-9(2)10(8-11(14)16-6)12(15)13(3,4)5/h9-10H,7-8H2,1-6H3/t9?,10-/m0/s1. The molecule has 0 saturated heterocycles. The molecule has 2 atom stereocenters. The Morgan fingerprint density at radius 3 is 2.06 bits per heavy atom. The van der Waals surface area contributed by atoms with Crippen LogP contribution >= 0.6 is 0 Å². The van der Waals surface area contributed by atoms with Crippen LogP contribution in [0.25, 0.3) is 0 Å². The van der Waals surface area contributed by atoms with E-state index in [4.69, 9.17) is 0 Å². The third-order valence-electron chi connectivity index (χ3n) is 3.02. The Hall–Kier alpha value is -0.860. The molecule has 0 saturated carbocycles. The lowest BCUT2D eigenvalue weighted by Gasteiger charge is -2.27. The highest BCUT2D eigenvalue weighted by molar-refractivity contribution is 5.89. The number of hydrogen-bond acceptors (Lipinski definition) is 3. The van der Waals surface area contributed by atoms with Gasteiger partial charge in [0.2, 0.25) is 0 Å². The van der Waals surface area contributed by atoms with E-state index in [2.05, 4.69) is 4.74 Å². The van der Waals surface area contributed by atoms with E-state index in [1.807, 2.05) is 34.6 Å². The highest BCUT2D eigenvalue weighted by Gasteiger charge is 2.34. The second-order valence-electron chi connectivity index (χ2n) is 5.39. The number of hydrogen-bond donors (Lipinski definition) is 0. The zero-order valence-electron chi connectivity index (χ0n) is 11.3. The Morgan fingerprint density at radius 1 is 1.25 bits per heavy atom. The first-order valence-electron chi connectivity index (χ1n) is 5.85. The first-order valence-corrected chi connectivity index (χ1v) is 5.85. The first-order chi connectivity index (χ1) is 7.23. The highest BCUT2D eigenvalue weighted by Crippen LogP contribution is 2.29. The van der Waals surface area contributed by atoms with Crippen molar-refractivity contribution < 1.29 is 14.3 Å². The molecule has 0 radical (unpaired) electrons. The number of ether oxygens (including phenoxy) is 1. The fourth-order valence-electron chi connectivity index (χ4n) is 1.66. The summed E-state index contributed by atoms with van der Waals surface area (Å²) < 4.78 is 4.65. The molecule has 94 valence electrons. The van der Waals surface area contributed by atoms with Crippen molar-refractivity contribution in [2.75, 3.05) is 7.11 Å². The average Bonchev–Trinajstić information content (AvgIpc) is 2.22. The van der Waals surface area contributed by atoms with Crippen LogP contribution in [-0.2, 0) is 14.3 Å². The number of methoxy groups -OCH3 is 1. The maximum Gasteiger partial charge on any atom is 0.306 e. The number of esters is 1. The molecule has 0 aliphatic heterocycles. The molecule has 0 heterocycles. The Morgan fingerprint density at radius 2 is 1.75 bits per heavy atom. The van der Waals surface area contributed by atoms with E-state index < -0.39 is 5.41 Å². The summed E-state index contributed by atoms with van der Waals surface area (Å²) in [6.45, 7) is 9.72. The monoisotopic (exact) mass is 228 g/mol. The van der Waals surface area contributed by atoms with Gasteiger partial charge in [0, 0.05) is 11.3 Å². The van der Waals surface area contributed by atoms with Gasteiger partial charge in [-0.05, 0) is 5.92 Å². The molecule has 0 aliphatic carbocycles. The van der Waals surface area contributed by atoms with Crippen LogP contribution in [0.1, 0.15) is 47.5 Å². The minimum atomic E-state index is -0.401. The van der Waals surface area contributed by atoms with Gasteiger partial charge in [0.15, 0.2) is 0 Å². The molecule has 3 nitrogen and oxygen atoms in total. The maximum absolute atomic E-state index is 12.2. The molecule has 0 spiro atoms. The average molecular weight is 228 g/mol. The van der Waals surface area contributed by atoms with Gasteiger partial charge in [0.05, 0.1) is 13.5 Å². The number of rotatable bonds is 5.